The first-order valence-electron chi connectivity index (χ1n) is 14.9. The van der Waals surface area contributed by atoms with Crippen LogP contribution in [0.25, 0.3) is 5.57 Å². The summed E-state index contributed by atoms with van der Waals surface area (Å²) in [5, 5.41) is 0. The quantitative estimate of drug-likeness (QED) is 0.143. The minimum absolute atomic E-state index is 0.292. The Morgan fingerprint density at radius 1 is 0.550 bits per heavy atom. The summed E-state index contributed by atoms with van der Waals surface area (Å²) in [6, 6.07) is 36.2. The highest BCUT2D eigenvalue weighted by Crippen LogP contribution is 2.34. The topological polar surface area (TPSA) is 0 Å². The van der Waals surface area contributed by atoms with Crippen LogP contribution in [-0.4, -0.2) is 0 Å². The van der Waals surface area contributed by atoms with Gasteiger partial charge >= 0.3 is 0 Å². The van der Waals surface area contributed by atoms with Crippen LogP contribution in [0.5, 0.6) is 0 Å². The molecule has 0 N–H and O–H groups in total. The predicted molar refractivity (Wildman–Crippen MR) is 174 cm³/mol. The van der Waals surface area contributed by atoms with E-state index in [9.17, 15) is 0 Å². The second-order valence-corrected chi connectivity index (χ2v) is 10.9. The van der Waals surface area contributed by atoms with E-state index in [-0.39, 0.29) is 5.41 Å². The van der Waals surface area contributed by atoms with Crippen molar-refractivity contribution in [3.63, 3.8) is 0 Å². The van der Waals surface area contributed by atoms with Gasteiger partial charge in [-0.3, -0.25) is 0 Å². The van der Waals surface area contributed by atoms with Crippen molar-refractivity contribution in [1.29, 1.82) is 0 Å². The van der Waals surface area contributed by atoms with E-state index in [1.54, 1.807) is 0 Å². The Kier molecular flexibility index (Phi) is 9.81. The molecule has 0 aliphatic rings. The number of allylic oxidation sites excluding steroid dienone is 2. The maximum atomic E-state index is 3.71. The Morgan fingerprint density at radius 3 is 1.20 bits per heavy atom. The van der Waals surface area contributed by atoms with Gasteiger partial charge in [-0.2, -0.15) is 0 Å². The van der Waals surface area contributed by atoms with Gasteiger partial charge in [-0.05, 0) is 107 Å². The summed E-state index contributed by atoms with van der Waals surface area (Å²) in [7, 11) is 0. The van der Waals surface area contributed by atoms with Crippen LogP contribution in [0.3, 0.4) is 0 Å². The lowest BCUT2D eigenvalue weighted by atomic mass is 9.75. The molecule has 0 spiro atoms. The highest BCUT2D eigenvalue weighted by Gasteiger charge is 2.26. The Labute approximate surface area is 242 Å². The van der Waals surface area contributed by atoms with E-state index in [4.69, 9.17) is 0 Å². The van der Waals surface area contributed by atoms with Crippen molar-refractivity contribution in [2.45, 2.75) is 72.6 Å². The molecule has 0 aliphatic heterocycles. The molecule has 0 saturated carbocycles. The van der Waals surface area contributed by atoms with Gasteiger partial charge in [0.1, 0.15) is 0 Å². The first kappa shape index (κ1) is 29.1. The number of aryl methyl sites for hydroxylation is 4. The Hall–Kier alpha value is -3.86. The summed E-state index contributed by atoms with van der Waals surface area (Å²) >= 11 is 0. The van der Waals surface area contributed by atoms with E-state index >= 15 is 0 Å². The fourth-order valence-electron chi connectivity index (χ4n) is 5.20. The van der Waals surface area contributed by atoms with Crippen molar-refractivity contribution < 1.29 is 0 Å². The molecule has 0 radical (unpaired) electrons. The molecule has 40 heavy (non-hydrogen) atoms. The normalized spacial score (nSPS) is 11.1. The summed E-state index contributed by atoms with van der Waals surface area (Å²) in [6.07, 6.45) is 8.73. The average Bonchev–Trinajstić information content (AvgIpc) is 3.02. The molecule has 0 nitrogen and oxygen atoms in total. The van der Waals surface area contributed by atoms with Crippen LogP contribution in [0.15, 0.2) is 121 Å². The summed E-state index contributed by atoms with van der Waals surface area (Å²) in [5.41, 5.74) is 16.2. The molecule has 4 rings (SSSR count). The molecule has 0 bridgehead atoms. The lowest BCUT2D eigenvalue weighted by molar-refractivity contribution is 0.723. The Bertz CT molecular complexity index is 1370. The lowest BCUT2D eigenvalue weighted by Gasteiger charge is -2.27. The van der Waals surface area contributed by atoms with Gasteiger partial charge < -0.3 is 0 Å². The van der Waals surface area contributed by atoms with Crippen molar-refractivity contribution in [2.24, 2.45) is 0 Å². The van der Waals surface area contributed by atoms with Crippen molar-refractivity contribution in [1.82, 2.24) is 0 Å². The maximum absolute atomic E-state index is 3.71. The fraction of sp³-hybridized carbons (Fsp3) is 0.275. The highest BCUT2D eigenvalue weighted by atomic mass is 14.3. The van der Waals surface area contributed by atoms with E-state index in [1.165, 1.54) is 50.1 Å². The van der Waals surface area contributed by atoms with Gasteiger partial charge in [0, 0.05) is 5.41 Å². The minimum atomic E-state index is -0.292. The van der Waals surface area contributed by atoms with Gasteiger partial charge in [0.15, 0.2) is 0 Å². The number of hydrogen-bond acceptors (Lipinski definition) is 0. The Balaban J connectivity index is 1.83. The predicted octanol–water partition coefficient (Wildman–Crippen LogP) is 10.5. The fourth-order valence-corrected chi connectivity index (χ4v) is 5.20. The maximum Gasteiger partial charge on any atom is 0.0427 e. The molecule has 4 aromatic carbocycles. The largest absolute Gasteiger partial charge is 0.121 e. The molecular formula is C40H44. The second-order valence-electron chi connectivity index (χ2n) is 10.9. The summed E-state index contributed by atoms with van der Waals surface area (Å²) in [4.78, 5) is 0. The highest BCUT2D eigenvalue weighted by molar-refractivity contribution is 5.81. The number of hydrogen-bond donors (Lipinski definition) is 0. The lowest BCUT2D eigenvalue weighted by Crippen LogP contribution is -2.20. The van der Waals surface area contributed by atoms with Crippen LogP contribution in [0, 0.1) is 0 Å². The summed E-state index contributed by atoms with van der Waals surface area (Å²) in [6.45, 7) is 13.3. The van der Waals surface area contributed by atoms with Crippen molar-refractivity contribution in [2.75, 3.05) is 0 Å². The van der Waals surface area contributed by atoms with Crippen molar-refractivity contribution in [3.8, 4) is 0 Å². The molecule has 0 saturated heterocycles. The molecule has 0 atom stereocenters. The third-order valence-corrected chi connectivity index (χ3v) is 8.22. The molecule has 0 unspecified atom stereocenters. The smallest absolute Gasteiger partial charge is 0.0427 e. The molecule has 0 aromatic heterocycles. The standard InChI is InChI=1S/C40H44/c1-7-31-11-19-35(20-12-31)39(36-21-13-32(8-2)14-22-36)29-30(5)27-28-40(6,37-23-15-33(9-3)16-24-37)38-25-17-34(10-4)18-26-38/h11-26,28-29H,7-10H2,1-6H3. The Morgan fingerprint density at radius 2 is 0.875 bits per heavy atom. The molecular weight excluding hydrogens is 480 g/mol. The molecule has 204 valence electrons. The molecule has 0 amide bonds. The number of rotatable bonds is 10. The molecule has 0 aliphatic carbocycles. The minimum Gasteiger partial charge on any atom is -0.121 e. The van der Waals surface area contributed by atoms with Crippen molar-refractivity contribution in [3.05, 3.63) is 165 Å². The monoisotopic (exact) mass is 524 g/mol. The van der Waals surface area contributed by atoms with Crippen LogP contribution in [0.4, 0.5) is 0 Å². The van der Waals surface area contributed by atoms with Crippen LogP contribution >= 0.6 is 0 Å². The zero-order valence-corrected chi connectivity index (χ0v) is 25.2. The molecule has 0 heterocycles. The SMILES string of the molecule is CCc1ccc(C(=CC(C)=C=CC(C)(c2ccc(CC)cc2)c2ccc(CC)cc2)c2ccc(CC)cc2)cc1. The third kappa shape index (κ3) is 6.82. The molecule has 0 heteroatoms. The first-order chi connectivity index (χ1) is 19.4. The van der Waals surface area contributed by atoms with E-state index in [2.05, 4.69) is 156 Å². The average molecular weight is 525 g/mol. The zero-order valence-electron chi connectivity index (χ0n) is 25.2. The van der Waals surface area contributed by atoms with Crippen LogP contribution in [-0.2, 0) is 31.1 Å². The van der Waals surface area contributed by atoms with E-state index < -0.39 is 0 Å². The first-order valence-corrected chi connectivity index (χ1v) is 14.9. The van der Waals surface area contributed by atoms with Crippen molar-refractivity contribution >= 4 is 5.57 Å². The van der Waals surface area contributed by atoms with E-state index in [0.29, 0.717) is 0 Å². The van der Waals surface area contributed by atoms with Gasteiger partial charge in [0.25, 0.3) is 0 Å². The van der Waals surface area contributed by atoms with Gasteiger partial charge in [-0.15, -0.1) is 5.73 Å². The summed E-state index contributed by atoms with van der Waals surface area (Å²) < 4.78 is 0. The van der Waals surface area contributed by atoms with Crippen LogP contribution in [0.1, 0.15) is 86.1 Å². The zero-order chi connectivity index (χ0) is 28.5. The van der Waals surface area contributed by atoms with Gasteiger partial charge in [-0.1, -0.05) is 125 Å². The van der Waals surface area contributed by atoms with Gasteiger partial charge in [0.2, 0.25) is 0 Å². The van der Waals surface area contributed by atoms with Crippen LogP contribution in [0.2, 0.25) is 0 Å². The van der Waals surface area contributed by atoms with E-state index in [0.717, 1.165) is 31.3 Å². The van der Waals surface area contributed by atoms with Gasteiger partial charge in [0.05, 0.1) is 0 Å². The third-order valence-electron chi connectivity index (χ3n) is 8.22. The number of benzene rings is 4. The second kappa shape index (κ2) is 13.5. The summed E-state index contributed by atoms with van der Waals surface area (Å²) in [5.74, 6) is 0. The van der Waals surface area contributed by atoms with Crippen LogP contribution < -0.4 is 0 Å². The molecule has 4 aromatic rings. The van der Waals surface area contributed by atoms with Gasteiger partial charge in [-0.25, -0.2) is 0 Å². The van der Waals surface area contributed by atoms with E-state index in [1.807, 2.05) is 0 Å². The molecule has 0 fully saturated rings.